The van der Waals surface area contributed by atoms with Gasteiger partial charge in [0.05, 0.1) is 11.6 Å². The lowest BCUT2D eigenvalue weighted by Gasteiger charge is -2.32. The number of carbonyl (C=O) groups is 1. The molecule has 0 unspecified atom stereocenters. The fourth-order valence-corrected chi connectivity index (χ4v) is 3.40. The van der Waals surface area contributed by atoms with Gasteiger partial charge in [0.1, 0.15) is 5.78 Å². The van der Waals surface area contributed by atoms with Crippen molar-refractivity contribution in [3.8, 4) is 6.07 Å². The molecule has 1 heterocycles. The summed E-state index contributed by atoms with van der Waals surface area (Å²) in [6.45, 7) is 2.65. The standard InChI is InChI=1S/C21H22N2O/c22-14-18-8-4-9-19(12-18)15-23-11-5-10-20(16-23)21(24)13-17-6-2-1-3-7-17/h1-4,6-9,12,20H,5,10-11,13,15-16H2/t20-/m1/s1. The summed E-state index contributed by atoms with van der Waals surface area (Å²) in [5.41, 5.74) is 2.94. The van der Waals surface area contributed by atoms with E-state index in [9.17, 15) is 4.79 Å². The fraction of sp³-hybridized carbons (Fsp3) is 0.333. The van der Waals surface area contributed by atoms with Gasteiger partial charge < -0.3 is 0 Å². The topological polar surface area (TPSA) is 44.1 Å². The molecule has 0 bridgehead atoms. The zero-order valence-corrected chi connectivity index (χ0v) is 13.8. The summed E-state index contributed by atoms with van der Waals surface area (Å²) in [5.74, 6) is 0.467. The summed E-state index contributed by atoms with van der Waals surface area (Å²) >= 11 is 0. The van der Waals surface area contributed by atoms with Crippen LogP contribution in [-0.2, 0) is 17.8 Å². The maximum atomic E-state index is 12.6. The molecule has 2 aromatic carbocycles. The SMILES string of the molecule is N#Cc1cccc(CN2CCC[C@@H](C(=O)Cc3ccccc3)C2)c1. The van der Waals surface area contributed by atoms with E-state index in [0.717, 1.165) is 43.6 Å². The van der Waals surface area contributed by atoms with E-state index in [2.05, 4.69) is 17.0 Å². The van der Waals surface area contributed by atoms with Crippen LogP contribution in [0.1, 0.15) is 29.5 Å². The van der Waals surface area contributed by atoms with Crippen LogP contribution in [0.4, 0.5) is 0 Å². The van der Waals surface area contributed by atoms with Crippen LogP contribution in [0.15, 0.2) is 54.6 Å². The number of benzene rings is 2. The second kappa shape index (κ2) is 7.90. The van der Waals surface area contributed by atoms with E-state index in [1.165, 1.54) is 0 Å². The van der Waals surface area contributed by atoms with Gasteiger partial charge in [-0.25, -0.2) is 0 Å². The van der Waals surface area contributed by atoms with Crippen LogP contribution in [0.25, 0.3) is 0 Å². The first-order valence-corrected chi connectivity index (χ1v) is 8.52. The molecule has 1 saturated heterocycles. The smallest absolute Gasteiger partial charge is 0.141 e. The molecule has 3 nitrogen and oxygen atoms in total. The molecular weight excluding hydrogens is 296 g/mol. The van der Waals surface area contributed by atoms with E-state index in [-0.39, 0.29) is 5.92 Å². The number of nitrogens with zero attached hydrogens (tertiary/aromatic N) is 2. The maximum Gasteiger partial charge on any atom is 0.141 e. The van der Waals surface area contributed by atoms with Gasteiger partial charge in [-0.1, -0.05) is 42.5 Å². The van der Waals surface area contributed by atoms with Crippen LogP contribution in [0, 0.1) is 17.2 Å². The summed E-state index contributed by atoms with van der Waals surface area (Å²) in [6, 6.07) is 19.9. The Labute approximate surface area is 143 Å². The molecule has 1 atom stereocenters. The van der Waals surface area contributed by atoms with Crippen LogP contribution in [0.5, 0.6) is 0 Å². The Morgan fingerprint density at radius 1 is 1.12 bits per heavy atom. The minimum Gasteiger partial charge on any atom is -0.299 e. The van der Waals surface area contributed by atoms with Crippen molar-refractivity contribution in [2.75, 3.05) is 13.1 Å². The fourth-order valence-electron chi connectivity index (χ4n) is 3.40. The van der Waals surface area contributed by atoms with Crippen molar-refractivity contribution in [3.05, 3.63) is 71.3 Å². The van der Waals surface area contributed by atoms with Crippen molar-refractivity contribution < 1.29 is 4.79 Å². The van der Waals surface area contributed by atoms with E-state index < -0.39 is 0 Å². The first-order valence-electron chi connectivity index (χ1n) is 8.52. The number of Topliss-reactive ketones (excluding diaryl/α,β-unsaturated/α-hetero) is 1. The average molecular weight is 318 g/mol. The molecular formula is C21H22N2O. The van der Waals surface area contributed by atoms with E-state index in [0.29, 0.717) is 17.8 Å². The lowest BCUT2D eigenvalue weighted by atomic mass is 9.90. The van der Waals surface area contributed by atoms with Crippen molar-refractivity contribution in [2.24, 2.45) is 5.92 Å². The highest BCUT2D eigenvalue weighted by atomic mass is 16.1. The van der Waals surface area contributed by atoms with Crippen LogP contribution >= 0.6 is 0 Å². The molecule has 122 valence electrons. The number of hydrogen-bond acceptors (Lipinski definition) is 3. The Morgan fingerprint density at radius 2 is 1.92 bits per heavy atom. The van der Waals surface area contributed by atoms with Gasteiger partial charge in [-0.3, -0.25) is 9.69 Å². The number of nitriles is 1. The molecule has 1 aliphatic heterocycles. The van der Waals surface area contributed by atoms with E-state index >= 15 is 0 Å². The van der Waals surface area contributed by atoms with E-state index in [1.807, 2.05) is 48.5 Å². The molecule has 0 amide bonds. The van der Waals surface area contributed by atoms with Crippen LogP contribution < -0.4 is 0 Å². The largest absolute Gasteiger partial charge is 0.299 e. The van der Waals surface area contributed by atoms with Crippen molar-refractivity contribution >= 4 is 5.78 Å². The normalized spacial score (nSPS) is 18.0. The summed E-state index contributed by atoms with van der Waals surface area (Å²) in [6.07, 6.45) is 2.58. The van der Waals surface area contributed by atoms with Gasteiger partial charge in [-0.05, 0) is 42.6 Å². The molecule has 1 fully saturated rings. The van der Waals surface area contributed by atoms with Crippen LogP contribution in [0.2, 0.25) is 0 Å². The number of rotatable bonds is 5. The summed E-state index contributed by atoms with van der Waals surface area (Å²) < 4.78 is 0. The number of ketones is 1. The number of piperidine rings is 1. The van der Waals surface area contributed by atoms with Crippen LogP contribution in [-0.4, -0.2) is 23.8 Å². The van der Waals surface area contributed by atoms with Gasteiger partial charge >= 0.3 is 0 Å². The minimum absolute atomic E-state index is 0.123. The summed E-state index contributed by atoms with van der Waals surface area (Å²) in [7, 11) is 0. The zero-order chi connectivity index (χ0) is 16.8. The van der Waals surface area contributed by atoms with E-state index in [1.54, 1.807) is 0 Å². The zero-order valence-electron chi connectivity index (χ0n) is 13.8. The monoisotopic (exact) mass is 318 g/mol. The number of likely N-dealkylation sites (tertiary alicyclic amines) is 1. The Balaban J connectivity index is 1.59. The van der Waals surface area contributed by atoms with Gasteiger partial charge in [-0.15, -0.1) is 0 Å². The highest BCUT2D eigenvalue weighted by Gasteiger charge is 2.25. The molecule has 24 heavy (non-hydrogen) atoms. The van der Waals surface area contributed by atoms with Crippen molar-refractivity contribution in [1.29, 1.82) is 5.26 Å². The Morgan fingerprint density at radius 3 is 2.71 bits per heavy atom. The second-order valence-corrected chi connectivity index (χ2v) is 6.52. The molecule has 3 heteroatoms. The molecule has 2 aromatic rings. The lowest BCUT2D eigenvalue weighted by Crippen LogP contribution is -2.38. The van der Waals surface area contributed by atoms with Crippen molar-refractivity contribution in [2.45, 2.75) is 25.8 Å². The third-order valence-corrected chi connectivity index (χ3v) is 4.64. The third kappa shape index (κ3) is 4.31. The van der Waals surface area contributed by atoms with Crippen LogP contribution in [0.3, 0.4) is 0 Å². The predicted octanol–water partition coefficient (Wildman–Crippen LogP) is 3.58. The summed E-state index contributed by atoms with van der Waals surface area (Å²) in [5, 5.41) is 9.01. The van der Waals surface area contributed by atoms with Gasteiger partial charge in [0.25, 0.3) is 0 Å². The Hall–Kier alpha value is -2.44. The highest BCUT2D eigenvalue weighted by molar-refractivity contribution is 5.83. The lowest BCUT2D eigenvalue weighted by molar-refractivity contribution is -0.123. The highest BCUT2D eigenvalue weighted by Crippen LogP contribution is 2.21. The number of hydrogen-bond donors (Lipinski definition) is 0. The molecule has 1 aliphatic rings. The van der Waals surface area contributed by atoms with Crippen molar-refractivity contribution in [3.63, 3.8) is 0 Å². The van der Waals surface area contributed by atoms with Gasteiger partial charge in [0.2, 0.25) is 0 Å². The van der Waals surface area contributed by atoms with Crippen molar-refractivity contribution in [1.82, 2.24) is 4.90 Å². The first-order chi connectivity index (χ1) is 11.7. The second-order valence-electron chi connectivity index (χ2n) is 6.52. The van der Waals surface area contributed by atoms with Gasteiger partial charge in [0.15, 0.2) is 0 Å². The maximum absolute atomic E-state index is 12.6. The third-order valence-electron chi connectivity index (χ3n) is 4.64. The van der Waals surface area contributed by atoms with Gasteiger partial charge in [-0.2, -0.15) is 5.26 Å². The Bertz CT molecular complexity index is 733. The first kappa shape index (κ1) is 16.4. The number of carbonyl (C=O) groups excluding carboxylic acids is 1. The average Bonchev–Trinajstić information content (AvgIpc) is 2.63. The quantitative estimate of drug-likeness (QED) is 0.846. The molecule has 0 aromatic heterocycles. The molecule has 0 saturated carbocycles. The molecule has 3 rings (SSSR count). The minimum atomic E-state index is 0.123. The summed E-state index contributed by atoms with van der Waals surface area (Å²) in [4.78, 5) is 14.9. The molecule has 0 spiro atoms. The molecule has 0 N–H and O–H groups in total. The molecule has 0 aliphatic carbocycles. The Kier molecular flexibility index (Phi) is 5.40. The molecule has 0 radical (unpaired) electrons. The van der Waals surface area contributed by atoms with E-state index in [4.69, 9.17) is 5.26 Å². The predicted molar refractivity (Wildman–Crippen MR) is 94.3 cm³/mol. The van der Waals surface area contributed by atoms with Gasteiger partial charge in [0, 0.05) is 25.4 Å².